The van der Waals surface area contributed by atoms with Crippen molar-refractivity contribution < 1.29 is 0 Å². The molecule has 4 rings (SSSR count). The maximum atomic E-state index is 8.85. The number of piperazine rings is 1. The third-order valence-corrected chi connectivity index (χ3v) is 7.66. The van der Waals surface area contributed by atoms with E-state index in [-0.39, 0.29) is 6.04 Å². The van der Waals surface area contributed by atoms with Gasteiger partial charge in [0.1, 0.15) is 5.82 Å². The molecule has 0 amide bonds. The van der Waals surface area contributed by atoms with E-state index in [1.54, 1.807) is 24.3 Å². The Morgan fingerprint density at radius 1 is 1.26 bits per heavy atom. The molecule has 0 bridgehead atoms. The van der Waals surface area contributed by atoms with Gasteiger partial charge in [0.15, 0.2) is 5.96 Å². The summed E-state index contributed by atoms with van der Waals surface area (Å²) in [6.45, 7) is 13.7. The molecule has 2 aromatic rings. The third-order valence-electron chi connectivity index (χ3n) is 7.42. The predicted molar refractivity (Wildman–Crippen MR) is 173 cm³/mol. The Hall–Kier alpha value is -4.19. The maximum Gasteiger partial charge on any atom is 0.196 e. The van der Waals surface area contributed by atoms with E-state index in [4.69, 9.17) is 27.6 Å². The minimum Gasteiger partial charge on any atom is -0.369 e. The topological polar surface area (TPSA) is 98.8 Å². The summed E-state index contributed by atoms with van der Waals surface area (Å²) in [5.41, 5.74) is 12.8. The molecule has 0 radical (unpaired) electrons. The molecular formula is C33H39ClN8. The number of rotatable bonds is 9. The van der Waals surface area contributed by atoms with Gasteiger partial charge in [0.2, 0.25) is 0 Å². The van der Waals surface area contributed by atoms with Crippen molar-refractivity contribution in [3.8, 4) is 6.07 Å². The number of hydrogen-bond donors (Lipinski definition) is 1. The first-order chi connectivity index (χ1) is 20.4. The Morgan fingerprint density at radius 2 is 2.05 bits per heavy atom. The molecule has 42 heavy (non-hydrogen) atoms. The number of halogens is 1. The molecule has 1 atom stereocenters. The first-order valence-electron chi connectivity index (χ1n) is 14.3. The van der Waals surface area contributed by atoms with Crippen LogP contribution < -0.4 is 5.73 Å². The summed E-state index contributed by atoms with van der Waals surface area (Å²) in [6.07, 6.45) is 16.3. The average Bonchev–Trinajstić information content (AvgIpc) is 3.34. The van der Waals surface area contributed by atoms with Crippen molar-refractivity contribution in [3.05, 3.63) is 106 Å². The van der Waals surface area contributed by atoms with Gasteiger partial charge in [0.05, 0.1) is 29.9 Å². The second kappa shape index (κ2) is 14.6. The summed E-state index contributed by atoms with van der Waals surface area (Å²) in [7, 11) is 0. The number of guanidine groups is 1. The van der Waals surface area contributed by atoms with Crippen molar-refractivity contribution in [2.75, 3.05) is 26.2 Å². The summed E-state index contributed by atoms with van der Waals surface area (Å²) in [5.74, 6) is 1.42. The predicted octanol–water partition coefficient (Wildman–Crippen LogP) is 6.21. The van der Waals surface area contributed by atoms with Crippen molar-refractivity contribution in [1.29, 1.82) is 5.26 Å². The lowest BCUT2D eigenvalue weighted by molar-refractivity contribution is 0.146. The van der Waals surface area contributed by atoms with Gasteiger partial charge in [-0.3, -0.25) is 9.89 Å². The zero-order valence-corrected chi connectivity index (χ0v) is 25.4. The van der Waals surface area contributed by atoms with Gasteiger partial charge in [-0.2, -0.15) is 5.26 Å². The molecule has 0 spiro atoms. The molecule has 1 aliphatic heterocycles. The van der Waals surface area contributed by atoms with Gasteiger partial charge in [-0.1, -0.05) is 49.4 Å². The van der Waals surface area contributed by atoms with Crippen molar-refractivity contribution in [2.24, 2.45) is 15.7 Å². The van der Waals surface area contributed by atoms with Gasteiger partial charge in [0, 0.05) is 56.4 Å². The van der Waals surface area contributed by atoms with E-state index >= 15 is 0 Å². The van der Waals surface area contributed by atoms with Crippen LogP contribution in [-0.4, -0.2) is 57.7 Å². The lowest BCUT2D eigenvalue weighted by atomic mass is 9.93. The highest BCUT2D eigenvalue weighted by Gasteiger charge is 2.33. The zero-order chi connectivity index (χ0) is 30.1. The Balaban J connectivity index is 1.66. The number of benzene rings is 1. The van der Waals surface area contributed by atoms with Crippen LogP contribution in [0.5, 0.6) is 0 Å². The van der Waals surface area contributed by atoms with E-state index in [1.165, 1.54) is 11.1 Å². The number of fused-ring (bicyclic) bond motifs is 1. The molecule has 1 aromatic carbocycles. The SMILES string of the molecule is C=C/C=C(\C=C/CC#N)N=C(N)N1CCN(C2C(N=CCC)=C(C)C=C(Cn3ccnc3C)c3cc(Cl)ccc32)CC1. The fourth-order valence-corrected chi connectivity index (χ4v) is 5.51. The van der Waals surface area contributed by atoms with E-state index in [0.717, 1.165) is 55.3 Å². The molecule has 218 valence electrons. The van der Waals surface area contributed by atoms with Crippen LogP contribution in [0.4, 0.5) is 0 Å². The highest BCUT2D eigenvalue weighted by atomic mass is 35.5. The third kappa shape index (κ3) is 7.35. The van der Waals surface area contributed by atoms with Gasteiger partial charge in [-0.05, 0) is 66.8 Å². The quantitative estimate of drug-likeness (QED) is 0.215. The standard InChI is InChI=1S/C33H39ClN8/c1-5-9-28(10-7-8-13-35)39-33(36)41-19-17-40(18-20-41)32-29-12-11-27(34)22-30(29)26(23-42-16-15-37-25(42)4)21-24(3)31(32)38-14-6-2/h5,7,9-12,14-16,21-22,32H,1,6,8,17-20,23H2,2-4H3,(H2,36,39)/b10-7-,28-9+,38-14?. The first-order valence-corrected chi connectivity index (χ1v) is 14.6. The Bertz CT molecular complexity index is 1510. The monoisotopic (exact) mass is 582 g/mol. The number of imidazole rings is 1. The van der Waals surface area contributed by atoms with Crippen LogP contribution in [0, 0.1) is 18.3 Å². The maximum absolute atomic E-state index is 8.85. The fraction of sp³-hybridized carbons (Fsp3) is 0.333. The number of aliphatic imine (C=N–C) groups is 2. The molecule has 1 saturated heterocycles. The summed E-state index contributed by atoms with van der Waals surface area (Å²) < 4.78 is 2.16. The summed E-state index contributed by atoms with van der Waals surface area (Å²) >= 11 is 6.59. The van der Waals surface area contributed by atoms with Gasteiger partial charge < -0.3 is 15.2 Å². The zero-order valence-electron chi connectivity index (χ0n) is 24.7. The van der Waals surface area contributed by atoms with Crippen molar-refractivity contribution >= 4 is 29.3 Å². The van der Waals surface area contributed by atoms with Crippen LogP contribution in [0.2, 0.25) is 5.02 Å². The molecule has 2 heterocycles. The Kier molecular flexibility index (Phi) is 10.7. The molecule has 2 N–H and O–H groups in total. The fourth-order valence-electron chi connectivity index (χ4n) is 5.33. The minimum atomic E-state index is -0.0387. The number of hydrogen-bond acceptors (Lipinski definition) is 5. The number of nitrogens with two attached hydrogens (primary N) is 1. The van der Waals surface area contributed by atoms with Gasteiger partial charge in [-0.25, -0.2) is 9.98 Å². The van der Waals surface area contributed by atoms with E-state index in [1.807, 2.05) is 31.6 Å². The number of aromatic nitrogens is 2. The van der Waals surface area contributed by atoms with E-state index in [0.29, 0.717) is 29.6 Å². The molecule has 1 unspecified atom stereocenters. The summed E-state index contributed by atoms with van der Waals surface area (Å²) in [6, 6.07) is 8.27. The second-order valence-electron chi connectivity index (χ2n) is 10.3. The molecule has 1 aliphatic carbocycles. The van der Waals surface area contributed by atoms with Crippen LogP contribution in [0.3, 0.4) is 0 Å². The van der Waals surface area contributed by atoms with Crippen LogP contribution in [0.1, 0.15) is 49.7 Å². The van der Waals surface area contributed by atoms with E-state index < -0.39 is 0 Å². The van der Waals surface area contributed by atoms with Gasteiger partial charge >= 0.3 is 0 Å². The van der Waals surface area contributed by atoms with Crippen LogP contribution >= 0.6 is 11.6 Å². The Morgan fingerprint density at radius 3 is 2.71 bits per heavy atom. The van der Waals surface area contributed by atoms with Crippen LogP contribution in [0.15, 0.2) is 94.5 Å². The number of aryl methyl sites for hydroxylation is 1. The molecule has 1 aromatic heterocycles. The van der Waals surface area contributed by atoms with Crippen molar-refractivity contribution in [3.63, 3.8) is 0 Å². The van der Waals surface area contributed by atoms with Crippen LogP contribution in [-0.2, 0) is 6.54 Å². The highest BCUT2D eigenvalue weighted by molar-refractivity contribution is 6.30. The number of allylic oxidation sites excluding steroid dienone is 7. The van der Waals surface area contributed by atoms with E-state index in [2.05, 4.69) is 69.0 Å². The highest BCUT2D eigenvalue weighted by Crippen LogP contribution is 2.41. The lowest BCUT2D eigenvalue weighted by Gasteiger charge is -2.40. The average molecular weight is 583 g/mol. The van der Waals surface area contributed by atoms with Crippen molar-refractivity contribution in [2.45, 2.75) is 46.2 Å². The normalized spacial score (nSPS) is 18.8. The largest absolute Gasteiger partial charge is 0.369 e. The van der Waals surface area contributed by atoms with Crippen LogP contribution in [0.25, 0.3) is 5.57 Å². The molecule has 2 aliphatic rings. The van der Waals surface area contributed by atoms with Gasteiger partial charge in [-0.15, -0.1) is 0 Å². The molecule has 9 heteroatoms. The second-order valence-corrected chi connectivity index (χ2v) is 10.7. The van der Waals surface area contributed by atoms with Crippen molar-refractivity contribution in [1.82, 2.24) is 19.4 Å². The minimum absolute atomic E-state index is 0.0387. The first kappa shape index (κ1) is 30.8. The van der Waals surface area contributed by atoms with E-state index in [9.17, 15) is 0 Å². The number of nitriles is 1. The smallest absolute Gasteiger partial charge is 0.196 e. The summed E-state index contributed by atoms with van der Waals surface area (Å²) in [5, 5.41) is 9.55. The molecule has 8 nitrogen and oxygen atoms in total. The Labute approximate surface area is 254 Å². The molecule has 0 saturated carbocycles. The summed E-state index contributed by atoms with van der Waals surface area (Å²) in [4.78, 5) is 18.6. The lowest BCUT2D eigenvalue weighted by Crippen LogP contribution is -2.52. The van der Waals surface area contributed by atoms with Gasteiger partial charge in [0.25, 0.3) is 0 Å². The molecular weight excluding hydrogens is 544 g/mol. The number of nitrogens with zero attached hydrogens (tertiary/aromatic N) is 7. The molecule has 1 fully saturated rings.